The Balaban J connectivity index is 2.09. The van der Waals surface area contributed by atoms with Crippen LogP contribution in [-0.2, 0) is 6.42 Å². The molecule has 0 saturated heterocycles. The van der Waals surface area contributed by atoms with Crippen LogP contribution in [0.2, 0.25) is 0 Å². The molecule has 1 unspecified atom stereocenters. The summed E-state index contributed by atoms with van der Waals surface area (Å²) in [4.78, 5) is 4.05. The summed E-state index contributed by atoms with van der Waals surface area (Å²) in [6, 6.07) is 3.94. The number of aliphatic hydroxyl groups excluding tert-OH is 1. The van der Waals surface area contributed by atoms with Gasteiger partial charge in [0, 0.05) is 12.4 Å². The first-order valence-electron chi connectivity index (χ1n) is 6.40. The highest BCUT2D eigenvalue weighted by molar-refractivity contribution is 5.09. The third-order valence-corrected chi connectivity index (χ3v) is 2.84. The van der Waals surface area contributed by atoms with Crippen molar-refractivity contribution >= 4 is 0 Å². The van der Waals surface area contributed by atoms with E-state index in [0.717, 1.165) is 24.8 Å². The number of rotatable bonds is 8. The molecular formula is C14H23NO. The maximum absolute atomic E-state index is 9.83. The lowest BCUT2D eigenvalue weighted by molar-refractivity contribution is 0.161. The Morgan fingerprint density at radius 2 is 2.06 bits per heavy atom. The van der Waals surface area contributed by atoms with Crippen LogP contribution in [0, 0.1) is 0 Å². The van der Waals surface area contributed by atoms with Crippen LogP contribution in [0.1, 0.15) is 51.0 Å². The average Bonchev–Trinajstić information content (AvgIpc) is 2.30. The first-order valence-corrected chi connectivity index (χ1v) is 6.40. The van der Waals surface area contributed by atoms with Crippen molar-refractivity contribution in [3.8, 4) is 0 Å². The number of nitrogens with zero attached hydrogens (tertiary/aromatic N) is 1. The number of hydrogen-bond donors (Lipinski definition) is 1. The zero-order chi connectivity index (χ0) is 11.6. The summed E-state index contributed by atoms with van der Waals surface area (Å²) in [5, 5.41) is 9.83. The van der Waals surface area contributed by atoms with Crippen LogP contribution in [0.15, 0.2) is 24.5 Å². The molecule has 0 spiro atoms. The van der Waals surface area contributed by atoms with E-state index in [1.165, 1.54) is 25.7 Å². The molecular weight excluding hydrogens is 198 g/mol. The second-order valence-corrected chi connectivity index (χ2v) is 4.42. The third-order valence-electron chi connectivity index (χ3n) is 2.84. The molecule has 2 heteroatoms. The Morgan fingerprint density at radius 1 is 1.25 bits per heavy atom. The highest BCUT2D eigenvalue weighted by atomic mass is 16.3. The van der Waals surface area contributed by atoms with E-state index in [4.69, 9.17) is 0 Å². The van der Waals surface area contributed by atoms with Gasteiger partial charge in [-0.3, -0.25) is 4.98 Å². The van der Waals surface area contributed by atoms with Gasteiger partial charge in [0.15, 0.2) is 0 Å². The topological polar surface area (TPSA) is 33.1 Å². The summed E-state index contributed by atoms with van der Waals surface area (Å²) in [6.07, 6.45) is 11.3. The van der Waals surface area contributed by atoms with Crippen LogP contribution in [0.3, 0.4) is 0 Å². The molecule has 1 aromatic rings. The van der Waals surface area contributed by atoms with E-state index in [2.05, 4.69) is 11.9 Å². The van der Waals surface area contributed by atoms with Crippen LogP contribution in [0.5, 0.6) is 0 Å². The Labute approximate surface area is 98.7 Å². The lowest BCUT2D eigenvalue weighted by Gasteiger charge is -2.09. The van der Waals surface area contributed by atoms with Crippen molar-refractivity contribution in [3.63, 3.8) is 0 Å². The zero-order valence-corrected chi connectivity index (χ0v) is 10.2. The van der Waals surface area contributed by atoms with E-state index < -0.39 is 0 Å². The molecule has 0 saturated carbocycles. The minimum Gasteiger partial charge on any atom is -0.393 e. The summed E-state index contributed by atoms with van der Waals surface area (Å²) < 4.78 is 0. The van der Waals surface area contributed by atoms with Gasteiger partial charge in [-0.05, 0) is 24.5 Å². The molecule has 0 amide bonds. The Kier molecular flexibility index (Phi) is 6.82. The van der Waals surface area contributed by atoms with E-state index in [9.17, 15) is 5.11 Å². The summed E-state index contributed by atoms with van der Waals surface area (Å²) >= 11 is 0. The maximum Gasteiger partial charge on any atom is 0.0581 e. The van der Waals surface area contributed by atoms with Crippen molar-refractivity contribution in [1.29, 1.82) is 0 Å². The minimum atomic E-state index is -0.203. The first kappa shape index (κ1) is 13.2. The van der Waals surface area contributed by atoms with E-state index in [1.54, 1.807) is 6.20 Å². The fourth-order valence-electron chi connectivity index (χ4n) is 1.88. The van der Waals surface area contributed by atoms with Crippen LogP contribution in [0.4, 0.5) is 0 Å². The molecule has 1 heterocycles. The van der Waals surface area contributed by atoms with Crippen molar-refractivity contribution in [1.82, 2.24) is 4.98 Å². The standard InChI is InChI=1S/C14H23NO/c1-2-3-4-5-6-9-14(16)11-13-8-7-10-15-12-13/h7-8,10,12,14,16H,2-6,9,11H2,1H3. The van der Waals surface area contributed by atoms with Crippen LogP contribution in [-0.4, -0.2) is 16.2 Å². The number of pyridine rings is 1. The number of hydrogen-bond acceptors (Lipinski definition) is 2. The van der Waals surface area contributed by atoms with E-state index in [-0.39, 0.29) is 6.10 Å². The molecule has 0 bridgehead atoms. The van der Waals surface area contributed by atoms with E-state index in [0.29, 0.717) is 0 Å². The number of unbranched alkanes of at least 4 members (excludes halogenated alkanes) is 4. The monoisotopic (exact) mass is 221 g/mol. The largest absolute Gasteiger partial charge is 0.393 e. The molecule has 0 aliphatic rings. The highest BCUT2D eigenvalue weighted by Gasteiger charge is 2.04. The minimum absolute atomic E-state index is 0.203. The highest BCUT2D eigenvalue weighted by Crippen LogP contribution is 2.10. The predicted octanol–water partition coefficient (Wildman–Crippen LogP) is 3.35. The Morgan fingerprint density at radius 3 is 2.75 bits per heavy atom. The van der Waals surface area contributed by atoms with Crippen LogP contribution < -0.4 is 0 Å². The normalized spacial score (nSPS) is 12.6. The van der Waals surface area contributed by atoms with Gasteiger partial charge in [0.2, 0.25) is 0 Å². The van der Waals surface area contributed by atoms with Crippen molar-refractivity contribution in [2.75, 3.05) is 0 Å². The lowest BCUT2D eigenvalue weighted by Crippen LogP contribution is -2.10. The molecule has 1 N–H and O–H groups in total. The van der Waals surface area contributed by atoms with Crippen molar-refractivity contribution in [2.24, 2.45) is 0 Å². The molecule has 0 radical (unpaired) electrons. The molecule has 90 valence electrons. The SMILES string of the molecule is CCCCCCCC(O)Cc1cccnc1. The van der Waals surface area contributed by atoms with Crippen molar-refractivity contribution in [3.05, 3.63) is 30.1 Å². The summed E-state index contributed by atoms with van der Waals surface area (Å²) in [6.45, 7) is 2.22. The number of aliphatic hydroxyl groups is 1. The van der Waals surface area contributed by atoms with Gasteiger partial charge in [-0.1, -0.05) is 45.1 Å². The molecule has 1 rings (SSSR count). The first-order chi connectivity index (χ1) is 7.83. The van der Waals surface area contributed by atoms with Crippen molar-refractivity contribution < 1.29 is 5.11 Å². The van der Waals surface area contributed by atoms with Gasteiger partial charge < -0.3 is 5.11 Å². The third kappa shape index (κ3) is 5.86. The van der Waals surface area contributed by atoms with Gasteiger partial charge in [0.05, 0.1) is 6.10 Å². The zero-order valence-electron chi connectivity index (χ0n) is 10.2. The van der Waals surface area contributed by atoms with Gasteiger partial charge in [0.1, 0.15) is 0 Å². The van der Waals surface area contributed by atoms with Crippen LogP contribution >= 0.6 is 0 Å². The summed E-state index contributed by atoms with van der Waals surface area (Å²) in [5.41, 5.74) is 1.13. The molecule has 0 aromatic carbocycles. The molecule has 0 aliphatic carbocycles. The molecule has 1 atom stereocenters. The molecule has 0 aliphatic heterocycles. The van der Waals surface area contributed by atoms with E-state index >= 15 is 0 Å². The quantitative estimate of drug-likeness (QED) is 0.683. The van der Waals surface area contributed by atoms with Gasteiger partial charge >= 0.3 is 0 Å². The summed E-state index contributed by atoms with van der Waals surface area (Å²) in [7, 11) is 0. The Bertz CT molecular complexity index is 261. The summed E-state index contributed by atoms with van der Waals surface area (Å²) in [5.74, 6) is 0. The second-order valence-electron chi connectivity index (χ2n) is 4.42. The van der Waals surface area contributed by atoms with Gasteiger partial charge in [0.25, 0.3) is 0 Å². The van der Waals surface area contributed by atoms with E-state index in [1.807, 2.05) is 18.3 Å². The average molecular weight is 221 g/mol. The number of aromatic nitrogens is 1. The Hall–Kier alpha value is -0.890. The van der Waals surface area contributed by atoms with Gasteiger partial charge in [-0.15, -0.1) is 0 Å². The predicted molar refractivity (Wildman–Crippen MR) is 67.3 cm³/mol. The lowest BCUT2D eigenvalue weighted by atomic mass is 10.0. The second kappa shape index (κ2) is 8.28. The molecule has 16 heavy (non-hydrogen) atoms. The van der Waals surface area contributed by atoms with Gasteiger partial charge in [-0.25, -0.2) is 0 Å². The molecule has 0 fully saturated rings. The molecule has 2 nitrogen and oxygen atoms in total. The van der Waals surface area contributed by atoms with Crippen molar-refractivity contribution in [2.45, 2.75) is 58.0 Å². The fraction of sp³-hybridized carbons (Fsp3) is 0.643. The maximum atomic E-state index is 9.83. The van der Waals surface area contributed by atoms with Crippen LogP contribution in [0.25, 0.3) is 0 Å². The smallest absolute Gasteiger partial charge is 0.0581 e. The molecule has 1 aromatic heterocycles. The van der Waals surface area contributed by atoms with Gasteiger partial charge in [-0.2, -0.15) is 0 Å². The fourth-order valence-corrected chi connectivity index (χ4v) is 1.88.